The van der Waals surface area contributed by atoms with Crippen LogP contribution in [0, 0.1) is 12.8 Å². The quantitative estimate of drug-likeness (QED) is 0.832. The summed E-state index contributed by atoms with van der Waals surface area (Å²) in [6, 6.07) is 2.12. The summed E-state index contributed by atoms with van der Waals surface area (Å²) in [5.41, 5.74) is 6.85. The van der Waals surface area contributed by atoms with Gasteiger partial charge < -0.3 is 11.1 Å². The Kier molecular flexibility index (Phi) is 5.35. The van der Waals surface area contributed by atoms with Crippen molar-refractivity contribution in [1.29, 1.82) is 0 Å². The van der Waals surface area contributed by atoms with Gasteiger partial charge in [-0.05, 0) is 30.4 Å². The highest BCUT2D eigenvalue weighted by Gasteiger charge is 2.25. The maximum absolute atomic E-state index is 11.9. The van der Waals surface area contributed by atoms with Crippen LogP contribution in [0.2, 0.25) is 0 Å². The Morgan fingerprint density at radius 1 is 1.56 bits per heavy atom. The van der Waals surface area contributed by atoms with Gasteiger partial charge in [0, 0.05) is 29.3 Å². The molecule has 0 aliphatic carbocycles. The Morgan fingerprint density at radius 2 is 2.22 bits per heavy atom. The molecule has 0 aromatic carbocycles. The Bertz CT molecular complexity index is 394. The van der Waals surface area contributed by atoms with Crippen LogP contribution in [0.4, 0.5) is 0 Å². The zero-order valence-electron chi connectivity index (χ0n) is 11.7. The maximum Gasteiger partial charge on any atom is 0.224 e. The summed E-state index contributed by atoms with van der Waals surface area (Å²) >= 11 is 1.75. The highest BCUT2D eigenvalue weighted by molar-refractivity contribution is 7.10. The number of thiophene rings is 1. The van der Waals surface area contributed by atoms with Crippen molar-refractivity contribution in [2.75, 3.05) is 13.1 Å². The van der Waals surface area contributed by atoms with Crippen molar-refractivity contribution < 1.29 is 4.79 Å². The second-order valence-electron chi connectivity index (χ2n) is 5.38. The second-order valence-corrected chi connectivity index (χ2v) is 6.29. The average molecular weight is 268 g/mol. The van der Waals surface area contributed by atoms with Crippen molar-refractivity contribution in [2.45, 2.75) is 39.5 Å². The van der Waals surface area contributed by atoms with Gasteiger partial charge in [0.2, 0.25) is 5.91 Å². The first-order chi connectivity index (χ1) is 8.42. The number of nitrogens with one attached hydrogen (secondary N) is 1. The van der Waals surface area contributed by atoms with Crippen molar-refractivity contribution in [3.63, 3.8) is 0 Å². The average Bonchev–Trinajstić information content (AvgIpc) is 2.75. The molecule has 0 fully saturated rings. The van der Waals surface area contributed by atoms with Crippen molar-refractivity contribution >= 4 is 17.2 Å². The summed E-state index contributed by atoms with van der Waals surface area (Å²) in [5.74, 6) is 0.00696. The molecular weight excluding hydrogens is 244 g/mol. The van der Waals surface area contributed by atoms with Crippen LogP contribution in [0.5, 0.6) is 0 Å². The van der Waals surface area contributed by atoms with Gasteiger partial charge in [-0.25, -0.2) is 0 Å². The van der Waals surface area contributed by atoms with Gasteiger partial charge in [0.05, 0.1) is 0 Å². The Labute approximate surface area is 114 Å². The van der Waals surface area contributed by atoms with Gasteiger partial charge in [0.15, 0.2) is 0 Å². The van der Waals surface area contributed by atoms with E-state index in [4.69, 9.17) is 5.73 Å². The monoisotopic (exact) mass is 268 g/mol. The van der Waals surface area contributed by atoms with Crippen molar-refractivity contribution in [2.24, 2.45) is 11.7 Å². The van der Waals surface area contributed by atoms with Crippen LogP contribution in [-0.4, -0.2) is 19.0 Å². The Morgan fingerprint density at radius 3 is 2.67 bits per heavy atom. The molecule has 0 bridgehead atoms. The molecule has 0 saturated heterocycles. The van der Waals surface area contributed by atoms with Crippen LogP contribution in [0.25, 0.3) is 0 Å². The van der Waals surface area contributed by atoms with Crippen LogP contribution in [-0.2, 0) is 10.2 Å². The highest BCUT2D eigenvalue weighted by atomic mass is 32.1. The van der Waals surface area contributed by atoms with Crippen LogP contribution in [0.1, 0.15) is 37.6 Å². The largest absolute Gasteiger partial charge is 0.355 e. The van der Waals surface area contributed by atoms with E-state index in [0.29, 0.717) is 13.1 Å². The number of carbonyl (C=O) groups excluding carboxylic acids is 1. The van der Waals surface area contributed by atoms with E-state index in [9.17, 15) is 4.79 Å². The van der Waals surface area contributed by atoms with Crippen molar-refractivity contribution in [3.8, 4) is 0 Å². The van der Waals surface area contributed by atoms with E-state index in [2.05, 4.69) is 37.5 Å². The van der Waals surface area contributed by atoms with Gasteiger partial charge in [0.1, 0.15) is 0 Å². The molecule has 0 spiro atoms. The van der Waals surface area contributed by atoms with Gasteiger partial charge in [0.25, 0.3) is 0 Å². The van der Waals surface area contributed by atoms with E-state index in [1.807, 2.05) is 6.92 Å². The number of aryl methyl sites for hydroxylation is 1. The van der Waals surface area contributed by atoms with Crippen molar-refractivity contribution in [3.05, 3.63) is 21.9 Å². The molecule has 0 aliphatic heterocycles. The summed E-state index contributed by atoms with van der Waals surface area (Å²) in [7, 11) is 0. The number of rotatable bonds is 6. The van der Waals surface area contributed by atoms with Gasteiger partial charge >= 0.3 is 0 Å². The minimum absolute atomic E-state index is 0.0270. The van der Waals surface area contributed by atoms with Crippen LogP contribution in [0.15, 0.2) is 11.4 Å². The molecule has 0 radical (unpaired) electrons. The molecular formula is C14H24N2OS. The molecule has 102 valence electrons. The van der Waals surface area contributed by atoms with E-state index in [0.717, 1.165) is 6.42 Å². The predicted octanol–water partition coefficient (Wildman–Crippen LogP) is 2.44. The zero-order chi connectivity index (χ0) is 13.8. The van der Waals surface area contributed by atoms with Gasteiger partial charge in [-0.3, -0.25) is 4.79 Å². The fourth-order valence-corrected chi connectivity index (χ4v) is 3.11. The fourth-order valence-electron chi connectivity index (χ4n) is 2.06. The van der Waals surface area contributed by atoms with Gasteiger partial charge in [-0.1, -0.05) is 20.8 Å². The Hall–Kier alpha value is -0.870. The van der Waals surface area contributed by atoms with Crippen molar-refractivity contribution in [1.82, 2.24) is 5.32 Å². The molecule has 1 rings (SSSR count). The first-order valence-electron chi connectivity index (χ1n) is 6.44. The van der Waals surface area contributed by atoms with E-state index >= 15 is 0 Å². The normalized spacial score (nSPS) is 13.4. The number of carbonyl (C=O) groups is 1. The molecule has 18 heavy (non-hydrogen) atoms. The molecule has 1 aromatic rings. The van der Waals surface area contributed by atoms with Crippen LogP contribution in [0.3, 0.4) is 0 Å². The molecule has 3 N–H and O–H groups in total. The number of nitrogens with two attached hydrogens (primary N) is 1. The third-order valence-electron chi connectivity index (χ3n) is 3.33. The lowest BCUT2D eigenvalue weighted by Gasteiger charge is -2.26. The van der Waals surface area contributed by atoms with E-state index in [-0.39, 0.29) is 17.2 Å². The van der Waals surface area contributed by atoms with Gasteiger partial charge in [-0.2, -0.15) is 0 Å². The third-order valence-corrected chi connectivity index (χ3v) is 4.71. The minimum Gasteiger partial charge on any atom is -0.355 e. The second kappa shape index (κ2) is 6.34. The number of amides is 1. The van der Waals surface area contributed by atoms with Crippen LogP contribution < -0.4 is 11.1 Å². The summed E-state index contributed by atoms with van der Waals surface area (Å²) in [6.45, 7) is 9.51. The molecule has 0 saturated carbocycles. The van der Waals surface area contributed by atoms with E-state index < -0.39 is 0 Å². The van der Waals surface area contributed by atoms with E-state index in [1.165, 1.54) is 10.4 Å². The van der Waals surface area contributed by atoms with E-state index in [1.54, 1.807) is 11.3 Å². The first-order valence-corrected chi connectivity index (χ1v) is 7.32. The fraction of sp³-hybridized carbons (Fsp3) is 0.643. The number of hydrogen-bond donors (Lipinski definition) is 2. The molecule has 0 aliphatic rings. The third kappa shape index (κ3) is 3.56. The number of hydrogen-bond acceptors (Lipinski definition) is 3. The standard InChI is InChI=1S/C14H24N2OS/c1-5-11(8-15)13(17)16-9-14(3,4)12-10(2)6-7-18-12/h6-7,11H,5,8-9,15H2,1-4H3,(H,16,17). The molecule has 1 atom stereocenters. The SMILES string of the molecule is CCC(CN)C(=O)NCC(C)(C)c1sccc1C. The lowest BCUT2D eigenvalue weighted by atomic mass is 9.89. The summed E-state index contributed by atoms with van der Waals surface area (Å²) < 4.78 is 0. The summed E-state index contributed by atoms with van der Waals surface area (Å²) in [4.78, 5) is 13.3. The summed E-state index contributed by atoms with van der Waals surface area (Å²) in [5, 5.41) is 5.13. The lowest BCUT2D eigenvalue weighted by molar-refractivity contribution is -0.125. The topological polar surface area (TPSA) is 55.1 Å². The highest BCUT2D eigenvalue weighted by Crippen LogP contribution is 2.30. The molecule has 4 heteroatoms. The smallest absolute Gasteiger partial charge is 0.224 e. The molecule has 1 aromatic heterocycles. The molecule has 1 amide bonds. The maximum atomic E-state index is 11.9. The van der Waals surface area contributed by atoms with Crippen LogP contribution >= 0.6 is 11.3 Å². The first kappa shape index (κ1) is 15.2. The summed E-state index contributed by atoms with van der Waals surface area (Å²) in [6.07, 6.45) is 0.792. The lowest BCUT2D eigenvalue weighted by Crippen LogP contribution is -2.41. The molecule has 1 heterocycles. The Balaban J connectivity index is 2.62. The molecule has 1 unspecified atom stereocenters. The minimum atomic E-state index is -0.0646. The predicted molar refractivity (Wildman–Crippen MR) is 77.9 cm³/mol. The molecule has 3 nitrogen and oxygen atoms in total. The van der Waals surface area contributed by atoms with Gasteiger partial charge in [-0.15, -0.1) is 11.3 Å². The zero-order valence-corrected chi connectivity index (χ0v) is 12.6.